The van der Waals surface area contributed by atoms with Gasteiger partial charge in [0.2, 0.25) is 11.8 Å². The van der Waals surface area contributed by atoms with Crippen LogP contribution in [0.4, 0.5) is 9.59 Å². The Morgan fingerprint density at radius 3 is 1.94 bits per heavy atom. The number of alkyl carbamates (subject to hydrolysis) is 1. The first kappa shape index (κ1) is 29.2. The third-order valence-electron chi connectivity index (χ3n) is 4.37. The summed E-state index contributed by atoms with van der Waals surface area (Å²) in [7, 11) is 0. The summed E-state index contributed by atoms with van der Waals surface area (Å²) < 4.78 is 10.1. The first-order valence-corrected chi connectivity index (χ1v) is 11.0. The van der Waals surface area contributed by atoms with Gasteiger partial charge < -0.3 is 25.4 Å². The van der Waals surface area contributed by atoms with Crippen LogP contribution in [0.5, 0.6) is 0 Å². The van der Waals surface area contributed by atoms with Gasteiger partial charge in [0.05, 0.1) is 0 Å². The topological polar surface area (TPSA) is 164 Å². The van der Waals surface area contributed by atoms with Crippen LogP contribution in [0.1, 0.15) is 54.0 Å². The molecule has 35 heavy (non-hydrogen) atoms. The number of carbonyl (C=O) groups excluding carboxylic acids is 5. The third-order valence-corrected chi connectivity index (χ3v) is 4.37. The Labute approximate surface area is 204 Å². The Kier molecular flexibility index (Phi) is 10.5. The highest BCUT2D eigenvalue weighted by Gasteiger charge is 2.32. The van der Waals surface area contributed by atoms with Crippen molar-refractivity contribution in [2.24, 2.45) is 0 Å². The van der Waals surface area contributed by atoms with Gasteiger partial charge in [-0.3, -0.25) is 19.8 Å². The molecular formula is C23H35N5O7. The predicted molar refractivity (Wildman–Crippen MR) is 127 cm³/mol. The van der Waals surface area contributed by atoms with Gasteiger partial charge in [0, 0.05) is 0 Å². The largest absolute Gasteiger partial charge is 0.445 e. The summed E-state index contributed by atoms with van der Waals surface area (Å²) in [5.41, 5.74) is 2.87. The highest BCUT2D eigenvalue weighted by molar-refractivity contribution is 5.95. The maximum absolute atomic E-state index is 12.5. The zero-order valence-electron chi connectivity index (χ0n) is 21.1. The molecule has 0 spiro atoms. The van der Waals surface area contributed by atoms with Gasteiger partial charge in [0.15, 0.2) is 0 Å². The van der Waals surface area contributed by atoms with E-state index in [0.717, 1.165) is 5.56 Å². The van der Waals surface area contributed by atoms with E-state index < -0.39 is 53.1 Å². The fourth-order valence-electron chi connectivity index (χ4n) is 2.45. The summed E-state index contributed by atoms with van der Waals surface area (Å²) in [6.45, 7) is 10.7. The van der Waals surface area contributed by atoms with Crippen molar-refractivity contribution < 1.29 is 33.4 Å². The summed E-state index contributed by atoms with van der Waals surface area (Å²) in [6.07, 6.45) is -1.65. The van der Waals surface area contributed by atoms with Crippen molar-refractivity contribution in [3.63, 3.8) is 0 Å². The van der Waals surface area contributed by atoms with Crippen LogP contribution in [-0.4, -0.2) is 53.1 Å². The maximum atomic E-state index is 12.5. The van der Waals surface area contributed by atoms with Crippen LogP contribution in [0, 0.1) is 0 Å². The van der Waals surface area contributed by atoms with Crippen molar-refractivity contribution in [2.45, 2.75) is 78.3 Å². The molecule has 0 unspecified atom stereocenters. The van der Waals surface area contributed by atoms with Gasteiger partial charge in [0.25, 0.3) is 5.91 Å². The molecule has 0 aliphatic heterocycles. The fourth-order valence-corrected chi connectivity index (χ4v) is 2.45. The molecule has 1 rings (SSSR count). The number of hydrogen-bond donors (Lipinski definition) is 5. The van der Waals surface area contributed by atoms with Crippen molar-refractivity contribution in [1.82, 2.24) is 26.8 Å². The van der Waals surface area contributed by atoms with Crippen molar-refractivity contribution in [2.75, 3.05) is 0 Å². The van der Waals surface area contributed by atoms with E-state index in [0.29, 0.717) is 0 Å². The minimum atomic E-state index is -1.43. The molecule has 0 aromatic heterocycles. The second-order valence-corrected chi connectivity index (χ2v) is 9.35. The molecular weight excluding hydrogens is 458 g/mol. The summed E-state index contributed by atoms with van der Waals surface area (Å²) >= 11 is 0. The molecule has 5 amide bonds. The standard InChI is InChI=1S/C23H35N5O7/c1-14(25-20(32)34-13-16-11-9-8-10-12-16)17(29)24-15(2)18(30)26-23(6,7)19(31)27-28-21(33)35-22(3,4)5/h8-12,14-15H,13H2,1-7H3,(H,24,29)(H,25,32)(H,26,30)(H,27,31)(H,28,33)/t14-,15-/m1/s1. The molecule has 12 nitrogen and oxygen atoms in total. The summed E-state index contributed by atoms with van der Waals surface area (Å²) in [5.74, 6) is -2.00. The Morgan fingerprint density at radius 1 is 0.800 bits per heavy atom. The quantitative estimate of drug-likeness (QED) is 0.340. The van der Waals surface area contributed by atoms with E-state index in [2.05, 4.69) is 26.8 Å². The van der Waals surface area contributed by atoms with Gasteiger partial charge in [-0.15, -0.1) is 0 Å². The van der Waals surface area contributed by atoms with Gasteiger partial charge in [0.1, 0.15) is 29.8 Å². The van der Waals surface area contributed by atoms with Gasteiger partial charge in [-0.25, -0.2) is 15.0 Å². The lowest BCUT2D eigenvalue weighted by atomic mass is 10.0. The molecule has 0 saturated carbocycles. The van der Waals surface area contributed by atoms with Crippen molar-refractivity contribution in [3.05, 3.63) is 35.9 Å². The molecule has 5 N–H and O–H groups in total. The van der Waals surface area contributed by atoms with Gasteiger partial charge >= 0.3 is 12.2 Å². The van der Waals surface area contributed by atoms with E-state index in [-0.39, 0.29) is 6.61 Å². The Morgan fingerprint density at radius 2 is 1.37 bits per heavy atom. The van der Waals surface area contributed by atoms with Crippen LogP contribution < -0.4 is 26.8 Å². The molecule has 0 bridgehead atoms. The molecule has 1 aromatic rings. The Bertz CT molecular complexity index is 913. The van der Waals surface area contributed by atoms with E-state index in [1.54, 1.807) is 32.9 Å². The molecule has 194 valence electrons. The molecule has 0 heterocycles. The first-order valence-electron chi connectivity index (χ1n) is 11.0. The molecule has 0 radical (unpaired) electrons. The van der Waals surface area contributed by atoms with Crippen LogP contribution in [0.15, 0.2) is 30.3 Å². The zero-order chi connectivity index (χ0) is 26.8. The van der Waals surface area contributed by atoms with Crippen molar-refractivity contribution in [1.29, 1.82) is 0 Å². The highest BCUT2D eigenvalue weighted by Crippen LogP contribution is 2.07. The summed E-state index contributed by atoms with van der Waals surface area (Å²) in [5, 5.41) is 7.32. The number of hydrogen-bond acceptors (Lipinski definition) is 7. The van der Waals surface area contributed by atoms with Crippen LogP contribution in [0.3, 0.4) is 0 Å². The van der Waals surface area contributed by atoms with Crippen molar-refractivity contribution >= 4 is 29.9 Å². The fraction of sp³-hybridized carbons (Fsp3) is 0.522. The minimum absolute atomic E-state index is 0.0414. The molecule has 2 atom stereocenters. The van der Waals surface area contributed by atoms with E-state index in [1.165, 1.54) is 27.7 Å². The van der Waals surface area contributed by atoms with E-state index >= 15 is 0 Å². The normalized spacial score (nSPS) is 12.9. The lowest BCUT2D eigenvalue weighted by Gasteiger charge is -2.27. The van der Waals surface area contributed by atoms with Crippen LogP contribution in [0.25, 0.3) is 0 Å². The van der Waals surface area contributed by atoms with Crippen LogP contribution in [0.2, 0.25) is 0 Å². The number of amides is 5. The number of ether oxygens (including phenoxy) is 2. The lowest BCUT2D eigenvalue weighted by Crippen LogP contribution is -2.61. The van der Waals surface area contributed by atoms with E-state index in [9.17, 15) is 24.0 Å². The SMILES string of the molecule is C[C@@H](NC(=O)OCc1ccccc1)C(=O)N[C@H](C)C(=O)NC(C)(C)C(=O)NNC(=O)OC(C)(C)C. The first-order chi connectivity index (χ1) is 16.1. The van der Waals surface area contributed by atoms with Gasteiger partial charge in [-0.1, -0.05) is 30.3 Å². The average Bonchev–Trinajstić information content (AvgIpc) is 2.75. The van der Waals surface area contributed by atoms with Crippen LogP contribution >= 0.6 is 0 Å². The monoisotopic (exact) mass is 493 g/mol. The average molecular weight is 494 g/mol. The minimum Gasteiger partial charge on any atom is -0.445 e. The van der Waals surface area contributed by atoms with E-state index in [4.69, 9.17) is 9.47 Å². The lowest BCUT2D eigenvalue weighted by molar-refractivity contribution is -0.135. The van der Waals surface area contributed by atoms with Gasteiger partial charge in [-0.2, -0.15) is 0 Å². The van der Waals surface area contributed by atoms with Crippen LogP contribution in [-0.2, 0) is 30.5 Å². The third kappa shape index (κ3) is 11.2. The predicted octanol–water partition coefficient (Wildman–Crippen LogP) is 1.26. The molecule has 0 saturated heterocycles. The molecule has 1 aromatic carbocycles. The Hall–Kier alpha value is -3.83. The number of carbonyl (C=O) groups is 5. The number of rotatable bonds is 8. The summed E-state index contributed by atoms with van der Waals surface area (Å²) in [4.78, 5) is 60.8. The number of nitrogens with one attached hydrogen (secondary N) is 5. The van der Waals surface area contributed by atoms with E-state index in [1.807, 2.05) is 18.2 Å². The second-order valence-electron chi connectivity index (χ2n) is 9.35. The molecule has 0 aliphatic rings. The number of hydrazine groups is 1. The second kappa shape index (κ2) is 12.6. The Balaban J connectivity index is 2.48. The number of benzene rings is 1. The molecule has 12 heteroatoms. The summed E-state index contributed by atoms with van der Waals surface area (Å²) in [6, 6.07) is 7.02. The molecule has 0 aliphatic carbocycles. The van der Waals surface area contributed by atoms with Gasteiger partial charge in [-0.05, 0) is 54.0 Å². The molecule has 0 fully saturated rings. The van der Waals surface area contributed by atoms with Crippen molar-refractivity contribution in [3.8, 4) is 0 Å². The maximum Gasteiger partial charge on any atom is 0.426 e. The highest BCUT2D eigenvalue weighted by atomic mass is 16.6. The zero-order valence-corrected chi connectivity index (χ0v) is 21.1. The smallest absolute Gasteiger partial charge is 0.426 e.